The highest BCUT2D eigenvalue weighted by molar-refractivity contribution is 9.10. The molecule has 0 unspecified atom stereocenters. The van der Waals surface area contributed by atoms with Crippen molar-refractivity contribution in [2.75, 3.05) is 0 Å². The molecule has 5 heteroatoms. The fourth-order valence-corrected chi connectivity index (χ4v) is 2.08. The summed E-state index contributed by atoms with van der Waals surface area (Å²) in [7, 11) is 0. The summed E-state index contributed by atoms with van der Waals surface area (Å²) in [5, 5.41) is 1.66. The summed E-state index contributed by atoms with van der Waals surface area (Å²) in [4.78, 5) is 11.0. The molecule has 2 rings (SSSR count). The first-order valence-corrected chi connectivity index (χ1v) is 6.03. The molecule has 0 atom stereocenters. The zero-order valence-corrected chi connectivity index (χ0v) is 10.3. The lowest BCUT2D eigenvalue weighted by Crippen LogP contribution is -1.86. The number of halogens is 2. The highest BCUT2D eigenvalue weighted by Gasteiger charge is 2.06. The Morgan fingerprint density at radius 1 is 1.38 bits per heavy atom. The Bertz CT molecular complexity index is 524. The summed E-state index contributed by atoms with van der Waals surface area (Å²) >= 11 is 4.41. The lowest BCUT2D eigenvalue weighted by atomic mass is 10.3. The van der Waals surface area contributed by atoms with Crippen molar-refractivity contribution in [2.45, 2.75) is 0 Å². The second kappa shape index (κ2) is 4.76. The van der Waals surface area contributed by atoms with Gasteiger partial charge in [-0.2, -0.15) is 0 Å². The van der Waals surface area contributed by atoms with Gasteiger partial charge in [0.2, 0.25) is 0 Å². The van der Waals surface area contributed by atoms with E-state index in [-0.39, 0.29) is 5.75 Å². The molecule has 0 saturated heterocycles. The molecule has 82 valence electrons. The van der Waals surface area contributed by atoms with Crippen LogP contribution in [0.25, 0.3) is 0 Å². The zero-order valence-electron chi connectivity index (χ0n) is 7.94. The van der Waals surface area contributed by atoms with Crippen molar-refractivity contribution in [1.82, 2.24) is 0 Å². The van der Waals surface area contributed by atoms with Crippen LogP contribution in [-0.2, 0) is 0 Å². The highest BCUT2D eigenvalue weighted by atomic mass is 79.9. The molecule has 0 aliphatic rings. The monoisotopic (exact) mass is 300 g/mol. The van der Waals surface area contributed by atoms with E-state index in [4.69, 9.17) is 4.74 Å². The van der Waals surface area contributed by atoms with Crippen LogP contribution in [0.3, 0.4) is 0 Å². The molecule has 0 fully saturated rings. The second-order valence-electron chi connectivity index (χ2n) is 2.98. The van der Waals surface area contributed by atoms with Gasteiger partial charge in [-0.1, -0.05) is 15.9 Å². The number of hydrogen-bond acceptors (Lipinski definition) is 3. The van der Waals surface area contributed by atoms with Crippen LogP contribution in [0.5, 0.6) is 11.5 Å². The van der Waals surface area contributed by atoms with E-state index in [2.05, 4.69) is 15.9 Å². The third-order valence-electron chi connectivity index (χ3n) is 1.83. The van der Waals surface area contributed by atoms with Crippen molar-refractivity contribution in [1.29, 1.82) is 0 Å². The lowest BCUT2D eigenvalue weighted by molar-refractivity contribution is 0.112. The predicted molar refractivity (Wildman–Crippen MR) is 63.9 cm³/mol. The van der Waals surface area contributed by atoms with E-state index in [0.29, 0.717) is 15.1 Å². The van der Waals surface area contributed by atoms with Crippen LogP contribution >= 0.6 is 27.3 Å². The molecule has 0 aliphatic heterocycles. The molecule has 0 N–H and O–H groups in total. The van der Waals surface area contributed by atoms with E-state index in [1.165, 1.54) is 23.5 Å². The fourth-order valence-electron chi connectivity index (χ4n) is 1.13. The fraction of sp³-hybridized carbons (Fsp3) is 0. The Balaban J connectivity index is 2.23. The molecule has 2 nitrogen and oxygen atoms in total. The van der Waals surface area contributed by atoms with Crippen LogP contribution in [0.15, 0.2) is 34.1 Å². The van der Waals surface area contributed by atoms with Crippen LogP contribution in [0, 0.1) is 5.82 Å². The minimum absolute atomic E-state index is 0.137. The predicted octanol–water partition coefficient (Wildman–Crippen LogP) is 4.25. The van der Waals surface area contributed by atoms with Gasteiger partial charge in [-0.25, -0.2) is 4.39 Å². The molecular formula is C11H6BrFO2S. The van der Waals surface area contributed by atoms with Crippen LogP contribution in [-0.4, -0.2) is 6.29 Å². The Kier molecular flexibility index (Phi) is 3.36. The van der Waals surface area contributed by atoms with E-state index < -0.39 is 5.82 Å². The van der Waals surface area contributed by atoms with Crippen LogP contribution < -0.4 is 4.74 Å². The molecule has 0 bridgehead atoms. The molecule has 0 spiro atoms. The quantitative estimate of drug-likeness (QED) is 0.792. The van der Waals surface area contributed by atoms with Crippen molar-refractivity contribution < 1.29 is 13.9 Å². The maximum Gasteiger partial charge on any atom is 0.166 e. The van der Waals surface area contributed by atoms with Gasteiger partial charge < -0.3 is 4.74 Å². The molecule has 1 aromatic carbocycles. The van der Waals surface area contributed by atoms with Gasteiger partial charge in [-0.15, -0.1) is 11.3 Å². The standard InChI is InChI=1S/C11H6BrFO2S/c12-7-1-2-11(10(13)3-7)15-8-4-9(5-14)16-6-8/h1-6H. The molecule has 0 radical (unpaired) electrons. The van der Waals surface area contributed by atoms with Crippen molar-refractivity contribution >= 4 is 33.6 Å². The molecule has 0 amide bonds. The van der Waals surface area contributed by atoms with Gasteiger partial charge in [0.25, 0.3) is 0 Å². The number of hydrogen-bond donors (Lipinski definition) is 0. The maximum absolute atomic E-state index is 13.4. The van der Waals surface area contributed by atoms with Gasteiger partial charge in [-0.05, 0) is 18.2 Å². The van der Waals surface area contributed by atoms with Crippen molar-refractivity contribution in [3.05, 3.63) is 44.8 Å². The topological polar surface area (TPSA) is 26.3 Å². The van der Waals surface area contributed by atoms with Gasteiger partial charge in [0.05, 0.1) is 4.88 Å². The molecule has 2 aromatic rings. The van der Waals surface area contributed by atoms with Gasteiger partial charge in [-0.3, -0.25) is 4.79 Å². The normalized spacial score (nSPS) is 10.1. The number of thiophene rings is 1. The van der Waals surface area contributed by atoms with E-state index in [1.807, 2.05) is 0 Å². The van der Waals surface area contributed by atoms with Crippen LogP contribution in [0.4, 0.5) is 4.39 Å². The SMILES string of the molecule is O=Cc1cc(Oc2ccc(Br)cc2F)cs1. The number of aldehydes is 1. The van der Waals surface area contributed by atoms with E-state index in [9.17, 15) is 9.18 Å². The molecule has 16 heavy (non-hydrogen) atoms. The minimum Gasteiger partial charge on any atom is -0.453 e. The average Bonchev–Trinajstić information content (AvgIpc) is 2.70. The zero-order chi connectivity index (χ0) is 11.5. The van der Waals surface area contributed by atoms with Gasteiger partial charge in [0.15, 0.2) is 17.9 Å². The first-order chi connectivity index (χ1) is 7.69. The summed E-state index contributed by atoms with van der Waals surface area (Å²) < 4.78 is 19.4. The van der Waals surface area contributed by atoms with Crippen LogP contribution in [0.2, 0.25) is 0 Å². The molecule has 0 saturated carbocycles. The van der Waals surface area contributed by atoms with E-state index >= 15 is 0 Å². The van der Waals surface area contributed by atoms with Gasteiger partial charge in [0, 0.05) is 15.9 Å². The highest BCUT2D eigenvalue weighted by Crippen LogP contribution is 2.29. The smallest absolute Gasteiger partial charge is 0.166 e. The first kappa shape index (κ1) is 11.3. The van der Waals surface area contributed by atoms with Gasteiger partial charge in [0.1, 0.15) is 5.75 Å². The number of rotatable bonds is 3. The molecule has 0 aliphatic carbocycles. The largest absolute Gasteiger partial charge is 0.453 e. The van der Waals surface area contributed by atoms with E-state index in [0.717, 1.165) is 6.29 Å². The minimum atomic E-state index is -0.451. The summed E-state index contributed by atoms with van der Waals surface area (Å²) in [5.41, 5.74) is 0. The lowest BCUT2D eigenvalue weighted by Gasteiger charge is -2.04. The number of benzene rings is 1. The summed E-state index contributed by atoms with van der Waals surface area (Å²) in [6.45, 7) is 0. The number of ether oxygens (including phenoxy) is 1. The molecular weight excluding hydrogens is 295 g/mol. The van der Waals surface area contributed by atoms with Gasteiger partial charge >= 0.3 is 0 Å². The Morgan fingerprint density at radius 2 is 2.19 bits per heavy atom. The third-order valence-corrected chi connectivity index (χ3v) is 3.16. The van der Waals surface area contributed by atoms with Crippen molar-refractivity contribution in [2.24, 2.45) is 0 Å². The third kappa shape index (κ3) is 2.48. The average molecular weight is 301 g/mol. The Hall–Kier alpha value is -1.20. The molecule has 1 heterocycles. The van der Waals surface area contributed by atoms with Crippen LogP contribution in [0.1, 0.15) is 9.67 Å². The number of carbonyl (C=O) groups is 1. The molecule has 1 aromatic heterocycles. The number of carbonyl (C=O) groups excluding carboxylic acids is 1. The summed E-state index contributed by atoms with van der Waals surface area (Å²) in [6.07, 6.45) is 0.732. The summed E-state index contributed by atoms with van der Waals surface area (Å²) in [5.74, 6) is 0.153. The maximum atomic E-state index is 13.4. The summed E-state index contributed by atoms with van der Waals surface area (Å²) in [6, 6.07) is 6.10. The van der Waals surface area contributed by atoms with E-state index in [1.54, 1.807) is 17.5 Å². The second-order valence-corrected chi connectivity index (χ2v) is 4.84. The van der Waals surface area contributed by atoms with Crippen molar-refractivity contribution in [3.8, 4) is 11.5 Å². The first-order valence-electron chi connectivity index (χ1n) is 4.35. The Labute approximate surface area is 104 Å². The Morgan fingerprint density at radius 3 is 2.81 bits per heavy atom. The van der Waals surface area contributed by atoms with Crippen molar-refractivity contribution in [3.63, 3.8) is 0 Å².